The van der Waals surface area contributed by atoms with E-state index in [1.807, 2.05) is 6.07 Å². The second-order valence-electron chi connectivity index (χ2n) is 6.20. The van der Waals surface area contributed by atoms with Gasteiger partial charge < -0.3 is 10.1 Å². The van der Waals surface area contributed by atoms with E-state index in [1.165, 1.54) is 37.5 Å². The zero-order valence-electron chi connectivity index (χ0n) is 12.3. The summed E-state index contributed by atoms with van der Waals surface area (Å²) in [6, 6.07) is 1.91. The lowest BCUT2D eigenvalue weighted by Gasteiger charge is -2.39. The van der Waals surface area contributed by atoms with Crippen molar-refractivity contribution in [2.24, 2.45) is 0 Å². The highest BCUT2D eigenvalue weighted by atomic mass is 16.5. The second kappa shape index (κ2) is 5.17. The fourth-order valence-corrected chi connectivity index (χ4v) is 3.19. The molecule has 0 bridgehead atoms. The summed E-state index contributed by atoms with van der Waals surface area (Å²) in [6.07, 6.45) is 6.98. The summed E-state index contributed by atoms with van der Waals surface area (Å²) in [5.41, 5.74) is 4.38. The molecule has 3 rings (SSSR count). The SMILES string of the molecule is COC(=O)c1cc(CNC2(C)CCC2)c2c(n1)CCC2. The Hall–Kier alpha value is -1.42. The van der Waals surface area contributed by atoms with Crippen LogP contribution in [0.15, 0.2) is 6.07 Å². The first-order valence-corrected chi connectivity index (χ1v) is 7.46. The monoisotopic (exact) mass is 274 g/mol. The van der Waals surface area contributed by atoms with E-state index in [9.17, 15) is 4.79 Å². The second-order valence-corrected chi connectivity index (χ2v) is 6.20. The molecule has 1 heterocycles. The number of pyridine rings is 1. The number of hydrogen-bond donors (Lipinski definition) is 1. The third kappa shape index (κ3) is 2.44. The maximum absolute atomic E-state index is 11.7. The Balaban J connectivity index is 1.84. The summed E-state index contributed by atoms with van der Waals surface area (Å²) in [5, 5.41) is 3.65. The van der Waals surface area contributed by atoms with E-state index < -0.39 is 0 Å². The molecule has 0 amide bonds. The van der Waals surface area contributed by atoms with Crippen molar-refractivity contribution in [2.45, 2.75) is 57.5 Å². The van der Waals surface area contributed by atoms with E-state index in [1.54, 1.807) is 0 Å². The summed E-state index contributed by atoms with van der Waals surface area (Å²) < 4.78 is 4.81. The Kier molecular flexibility index (Phi) is 3.50. The molecule has 4 nitrogen and oxygen atoms in total. The van der Waals surface area contributed by atoms with Crippen molar-refractivity contribution in [1.29, 1.82) is 0 Å². The van der Waals surface area contributed by atoms with Gasteiger partial charge >= 0.3 is 5.97 Å². The van der Waals surface area contributed by atoms with Crippen LogP contribution in [0.25, 0.3) is 0 Å². The first kappa shape index (κ1) is 13.6. The molecule has 108 valence electrons. The van der Waals surface area contributed by atoms with Crippen LogP contribution in [-0.2, 0) is 24.1 Å². The van der Waals surface area contributed by atoms with Crippen molar-refractivity contribution in [3.05, 3.63) is 28.6 Å². The largest absolute Gasteiger partial charge is 0.464 e. The number of nitrogens with one attached hydrogen (secondary N) is 1. The smallest absolute Gasteiger partial charge is 0.356 e. The van der Waals surface area contributed by atoms with Crippen LogP contribution in [0.2, 0.25) is 0 Å². The van der Waals surface area contributed by atoms with Crippen LogP contribution in [0, 0.1) is 0 Å². The van der Waals surface area contributed by atoms with Crippen LogP contribution in [0.1, 0.15) is 59.9 Å². The lowest BCUT2D eigenvalue weighted by molar-refractivity contribution is 0.0593. The number of methoxy groups -OCH3 is 1. The van der Waals surface area contributed by atoms with Gasteiger partial charge in [-0.05, 0) is 62.6 Å². The summed E-state index contributed by atoms with van der Waals surface area (Å²) in [4.78, 5) is 16.2. The molecule has 0 atom stereocenters. The lowest BCUT2D eigenvalue weighted by atomic mass is 9.78. The fourth-order valence-electron chi connectivity index (χ4n) is 3.19. The van der Waals surface area contributed by atoms with E-state index in [-0.39, 0.29) is 11.5 Å². The molecule has 1 aromatic rings. The molecule has 1 fully saturated rings. The van der Waals surface area contributed by atoms with Gasteiger partial charge in [-0.1, -0.05) is 0 Å². The lowest BCUT2D eigenvalue weighted by Crippen LogP contribution is -2.47. The Labute approximate surface area is 119 Å². The van der Waals surface area contributed by atoms with Crippen LogP contribution in [-0.4, -0.2) is 23.6 Å². The zero-order chi connectivity index (χ0) is 14.2. The van der Waals surface area contributed by atoms with Crippen molar-refractivity contribution >= 4 is 5.97 Å². The van der Waals surface area contributed by atoms with Gasteiger partial charge in [0, 0.05) is 17.8 Å². The highest BCUT2D eigenvalue weighted by Crippen LogP contribution is 2.32. The Bertz CT molecular complexity index is 536. The number of carbonyl (C=O) groups excluding carboxylic acids is 1. The molecule has 0 unspecified atom stereocenters. The van der Waals surface area contributed by atoms with Crippen LogP contribution in [0.3, 0.4) is 0 Å². The van der Waals surface area contributed by atoms with Gasteiger partial charge in [0.25, 0.3) is 0 Å². The normalized spacial score (nSPS) is 19.3. The molecule has 20 heavy (non-hydrogen) atoms. The van der Waals surface area contributed by atoms with Crippen molar-refractivity contribution in [1.82, 2.24) is 10.3 Å². The molecule has 1 saturated carbocycles. The van der Waals surface area contributed by atoms with Gasteiger partial charge in [0.05, 0.1) is 7.11 Å². The number of carbonyl (C=O) groups is 1. The third-order valence-corrected chi connectivity index (χ3v) is 4.70. The minimum absolute atomic E-state index is 0.278. The van der Waals surface area contributed by atoms with E-state index in [0.29, 0.717) is 5.69 Å². The minimum atomic E-state index is -0.337. The number of nitrogens with zero attached hydrogens (tertiary/aromatic N) is 1. The number of aryl methyl sites for hydroxylation is 1. The average molecular weight is 274 g/mol. The first-order valence-electron chi connectivity index (χ1n) is 7.46. The first-order chi connectivity index (χ1) is 9.61. The fraction of sp³-hybridized carbons (Fsp3) is 0.625. The van der Waals surface area contributed by atoms with Crippen molar-refractivity contribution in [3.8, 4) is 0 Å². The van der Waals surface area contributed by atoms with Gasteiger partial charge in [-0.3, -0.25) is 0 Å². The average Bonchev–Trinajstić information content (AvgIpc) is 2.90. The van der Waals surface area contributed by atoms with Gasteiger partial charge in [-0.2, -0.15) is 0 Å². The number of aromatic nitrogens is 1. The van der Waals surface area contributed by atoms with Crippen molar-refractivity contribution in [2.75, 3.05) is 7.11 Å². The maximum atomic E-state index is 11.7. The van der Waals surface area contributed by atoms with Crippen LogP contribution in [0.4, 0.5) is 0 Å². The van der Waals surface area contributed by atoms with Gasteiger partial charge in [-0.15, -0.1) is 0 Å². The van der Waals surface area contributed by atoms with Crippen molar-refractivity contribution < 1.29 is 9.53 Å². The van der Waals surface area contributed by atoms with Gasteiger partial charge in [0.1, 0.15) is 5.69 Å². The summed E-state index contributed by atoms with van der Waals surface area (Å²) in [5.74, 6) is -0.337. The topological polar surface area (TPSA) is 51.2 Å². The van der Waals surface area contributed by atoms with Crippen molar-refractivity contribution in [3.63, 3.8) is 0 Å². The molecule has 0 aromatic carbocycles. The third-order valence-electron chi connectivity index (χ3n) is 4.70. The highest BCUT2D eigenvalue weighted by Gasteiger charge is 2.31. The van der Waals surface area contributed by atoms with Crippen LogP contribution < -0.4 is 5.32 Å². The minimum Gasteiger partial charge on any atom is -0.464 e. The number of ether oxygens (including phenoxy) is 1. The molecule has 0 aliphatic heterocycles. The predicted molar refractivity (Wildman–Crippen MR) is 76.7 cm³/mol. The number of rotatable bonds is 4. The number of esters is 1. The summed E-state index contributed by atoms with van der Waals surface area (Å²) in [6.45, 7) is 3.10. The van der Waals surface area contributed by atoms with Gasteiger partial charge in [-0.25, -0.2) is 9.78 Å². The Morgan fingerprint density at radius 1 is 1.40 bits per heavy atom. The zero-order valence-corrected chi connectivity index (χ0v) is 12.3. The molecule has 0 spiro atoms. The Morgan fingerprint density at radius 2 is 2.20 bits per heavy atom. The van der Waals surface area contributed by atoms with Gasteiger partial charge in [0.2, 0.25) is 0 Å². The van der Waals surface area contributed by atoms with Gasteiger partial charge in [0.15, 0.2) is 0 Å². The van der Waals surface area contributed by atoms with E-state index >= 15 is 0 Å². The summed E-state index contributed by atoms with van der Waals surface area (Å²) in [7, 11) is 1.41. The Morgan fingerprint density at radius 3 is 2.85 bits per heavy atom. The molecule has 0 radical (unpaired) electrons. The predicted octanol–water partition coefficient (Wildman–Crippen LogP) is 2.39. The molecular weight excluding hydrogens is 252 g/mol. The molecule has 4 heteroatoms. The maximum Gasteiger partial charge on any atom is 0.356 e. The molecule has 1 N–H and O–H groups in total. The molecule has 2 aliphatic carbocycles. The molecule has 1 aromatic heterocycles. The standard InChI is InChI=1S/C16H22N2O2/c1-16(7-4-8-16)17-10-11-9-14(15(19)20-2)18-13-6-3-5-12(11)13/h9,17H,3-8,10H2,1-2H3. The summed E-state index contributed by atoms with van der Waals surface area (Å²) >= 11 is 0. The number of hydrogen-bond acceptors (Lipinski definition) is 4. The number of fused-ring (bicyclic) bond motifs is 1. The quantitative estimate of drug-likeness (QED) is 0.857. The van der Waals surface area contributed by atoms with E-state index in [2.05, 4.69) is 17.2 Å². The van der Waals surface area contributed by atoms with E-state index in [4.69, 9.17) is 4.74 Å². The molecule has 2 aliphatic rings. The van der Waals surface area contributed by atoms with Crippen LogP contribution >= 0.6 is 0 Å². The highest BCUT2D eigenvalue weighted by molar-refractivity contribution is 5.87. The van der Waals surface area contributed by atoms with Crippen LogP contribution in [0.5, 0.6) is 0 Å². The molecular formula is C16H22N2O2. The molecule has 0 saturated heterocycles. The van der Waals surface area contributed by atoms with E-state index in [0.717, 1.165) is 31.5 Å².